The molecule has 1 nitrogen and oxygen atoms in total. The predicted octanol–water partition coefficient (Wildman–Crippen LogP) is 5.47. The number of hydrogen-bond donors (Lipinski definition) is 1. The third-order valence-electron chi connectivity index (χ3n) is 3.33. The van der Waals surface area contributed by atoms with Gasteiger partial charge in [0.1, 0.15) is 0 Å². The van der Waals surface area contributed by atoms with Crippen LogP contribution in [0.1, 0.15) is 37.3 Å². The Bertz CT molecular complexity index is 499. The summed E-state index contributed by atoms with van der Waals surface area (Å²) >= 11 is 0. The van der Waals surface area contributed by atoms with E-state index in [1.165, 1.54) is 36.8 Å². The van der Waals surface area contributed by atoms with Crippen LogP contribution in [0, 0.1) is 6.92 Å². The zero-order valence-corrected chi connectivity index (χ0v) is 11.9. The van der Waals surface area contributed by atoms with Gasteiger partial charge in [-0.25, -0.2) is 0 Å². The second kappa shape index (κ2) is 6.98. The van der Waals surface area contributed by atoms with Crippen molar-refractivity contribution in [3.63, 3.8) is 0 Å². The summed E-state index contributed by atoms with van der Waals surface area (Å²) < 4.78 is 0. The summed E-state index contributed by atoms with van der Waals surface area (Å²) in [6, 6.07) is 17.3. The van der Waals surface area contributed by atoms with E-state index in [0.29, 0.717) is 0 Å². The van der Waals surface area contributed by atoms with Gasteiger partial charge in [-0.3, -0.25) is 0 Å². The van der Waals surface area contributed by atoms with Crippen molar-refractivity contribution in [2.45, 2.75) is 39.5 Å². The average molecular weight is 253 g/mol. The Kier molecular flexibility index (Phi) is 5.02. The summed E-state index contributed by atoms with van der Waals surface area (Å²) in [4.78, 5) is 0. The third kappa shape index (κ3) is 4.44. The zero-order chi connectivity index (χ0) is 13.5. The van der Waals surface area contributed by atoms with Gasteiger partial charge in [0.25, 0.3) is 0 Å². The number of rotatable bonds is 6. The van der Waals surface area contributed by atoms with Crippen LogP contribution >= 0.6 is 0 Å². The van der Waals surface area contributed by atoms with E-state index < -0.39 is 0 Å². The molecule has 2 aromatic carbocycles. The summed E-state index contributed by atoms with van der Waals surface area (Å²) in [5.41, 5.74) is 5.02. The Morgan fingerprint density at radius 1 is 0.895 bits per heavy atom. The zero-order valence-electron chi connectivity index (χ0n) is 11.9. The lowest BCUT2D eigenvalue weighted by atomic mass is 10.1. The van der Waals surface area contributed by atoms with Gasteiger partial charge in [0.15, 0.2) is 0 Å². The van der Waals surface area contributed by atoms with Crippen molar-refractivity contribution >= 4 is 11.4 Å². The molecule has 0 saturated carbocycles. The smallest absolute Gasteiger partial charge is 0.0386 e. The van der Waals surface area contributed by atoms with Gasteiger partial charge in [-0.1, -0.05) is 44.0 Å². The molecular formula is C18H23N. The van der Waals surface area contributed by atoms with Gasteiger partial charge in [-0.05, 0) is 55.2 Å². The van der Waals surface area contributed by atoms with Crippen LogP contribution < -0.4 is 5.32 Å². The molecule has 0 bridgehead atoms. The molecule has 0 radical (unpaired) electrons. The summed E-state index contributed by atoms with van der Waals surface area (Å²) in [7, 11) is 0. The second-order valence-corrected chi connectivity index (χ2v) is 5.15. The summed E-state index contributed by atoms with van der Waals surface area (Å²) in [5.74, 6) is 0. The number of aryl methyl sites for hydroxylation is 2. The van der Waals surface area contributed by atoms with Crippen molar-refractivity contribution in [1.29, 1.82) is 0 Å². The molecule has 0 spiro atoms. The first-order valence-electron chi connectivity index (χ1n) is 7.20. The number of nitrogens with one attached hydrogen (secondary N) is 1. The molecule has 2 rings (SSSR count). The number of benzene rings is 2. The highest BCUT2D eigenvalue weighted by Crippen LogP contribution is 2.18. The fourth-order valence-electron chi connectivity index (χ4n) is 2.22. The van der Waals surface area contributed by atoms with Crippen molar-refractivity contribution < 1.29 is 0 Å². The average Bonchev–Trinajstić information content (AvgIpc) is 2.41. The third-order valence-corrected chi connectivity index (χ3v) is 3.33. The summed E-state index contributed by atoms with van der Waals surface area (Å²) in [6.45, 7) is 4.36. The maximum absolute atomic E-state index is 3.44. The van der Waals surface area contributed by atoms with Crippen LogP contribution in [0.4, 0.5) is 11.4 Å². The normalized spacial score (nSPS) is 10.4. The molecule has 0 fully saturated rings. The molecule has 0 heterocycles. The van der Waals surface area contributed by atoms with Crippen LogP contribution in [0.3, 0.4) is 0 Å². The van der Waals surface area contributed by atoms with Crippen molar-refractivity contribution in [2.75, 3.05) is 5.32 Å². The first-order chi connectivity index (χ1) is 9.28. The molecule has 100 valence electrons. The van der Waals surface area contributed by atoms with Crippen LogP contribution in [-0.4, -0.2) is 0 Å². The van der Waals surface area contributed by atoms with Crippen LogP contribution in [0.2, 0.25) is 0 Å². The highest BCUT2D eigenvalue weighted by molar-refractivity contribution is 5.60. The van der Waals surface area contributed by atoms with E-state index >= 15 is 0 Å². The minimum absolute atomic E-state index is 1.15. The van der Waals surface area contributed by atoms with E-state index in [2.05, 4.69) is 67.7 Å². The molecule has 0 aliphatic rings. The van der Waals surface area contributed by atoms with E-state index in [1.54, 1.807) is 0 Å². The number of hydrogen-bond acceptors (Lipinski definition) is 1. The molecule has 0 saturated heterocycles. The maximum atomic E-state index is 3.44. The molecule has 19 heavy (non-hydrogen) atoms. The molecule has 1 heteroatoms. The molecule has 0 atom stereocenters. The van der Waals surface area contributed by atoms with Gasteiger partial charge < -0.3 is 5.32 Å². The van der Waals surface area contributed by atoms with E-state index in [9.17, 15) is 0 Å². The first kappa shape index (κ1) is 13.7. The van der Waals surface area contributed by atoms with Crippen LogP contribution in [0.15, 0.2) is 48.5 Å². The number of unbranched alkanes of at least 4 members (excludes halogenated alkanes) is 2. The minimum Gasteiger partial charge on any atom is -0.356 e. The first-order valence-corrected chi connectivity index (χ1v) is 7.20. The van der Waals surface area contributed by atoms with Gasteiger partial charge >= 0.3 is 0 Å². The lowest BCUT2D eigenvalue weighted by Gasteiger charge is -2.08. The Balaban J connectivity index is 1.95. The Morgan fingerprint density at radius 2 is 1.68 bits per heavy atom. The highest BCUT2D eigenvalue weighted by atomic mass is 14.9. The maximum Gasteiger partial charge on any atom is 0.0386 e. The SMILES string of the molecule is CCCCCc1ccc(Nc2cccc(C)c2)cc1. The predicted molar refractivity (Wildman–Crippen MR) is 84.1 cm³/mol. The van der Waals surface area contributed by atoms with Gasteiger partial charge in [0.2, 0.25) is 0 Å². The largest absolute Gasteiger partial charge is 0.356 e. The van der Waals surface area contributed by atoms with E-state index in [-0.39, 0.29) is 0 Å². The standard InChI is InChI=1S/C18H23N/c1-3-4-5-8-16-10-12-17(13-11-16)19-18-9-6-7-15(2)14-18/h6-7,9-14,19H,3-5,8H2,1-2H3. The van der Waals surface area contributed by atoms with E-state index in [4.69, 9.17) is 0 Å². The number of anilines is 2. The van der Waals surface area contributed by atoms with Crippen LogP contribution in [0.25, 0.3) is 0 Å². The van der Waals surface area contributed by atoms with Gasteiger partial charge in [0, 0.05) is 11.4 Å². The highest BCUT2D eigenvalue weighted by Gasteiger charge is 1.97. The van der Waals surface area contributed by atoms with E-state index in [0.717, 1.165) is 11.4 Å². The monoisotopic (exact) mass is 253 g/mol. The van der Waals surface area contributed by atoms with Crippen LogP contribution in [-0.2, 0) is 6.42 Å². The molecule has 1 N–H and O–H groups in total. The van der Waals surface area contributed by atoms with Crippen molar-refractivity contribution in [3.05, 3.63) is 59.7 Å². The summed E-state index contributed by atoms with van der Waals surface area (Å²) in [5, 5.41) is 3.44. The van der Waals surface area contributed by atoms with Crippen molar-refractivity contribution in [1.82, 2.24) is 0 Å². The molecular weight excluding hydrogens is 230 g/mol. The van der Waals surface area contributed by atoms with Crippen molar-refractivity contribution in [2.24, 2.45) is 0 Å². The quantitative estimate of drug-likeness (QED) is 0.673. The van der Waals surface area contributed by atoms with Gasteiger partial charge in [-0.15, -0.1) is 0 Å². The van der Waals surface area contributed by atoms with Gasteiger partial charge in [0.05, 0.1) is 0 Å². The topological polar surface area (TPSA) is 12.0 Å². The Morgan fingerprint density at radius 3 is 2.37 bits per heavy atom. The summed E-state index contributed by atoms with van der Waals surface area (Å²) in [6.07, 6.45) is 5.09. The fraction of sp³-hybridized carbons (Fsp3) is 0.333. The second-order valence-electron chi connectivity index (χ2n) is 5.15. The molecule has 2 aromatic rings. The Hall–Kier alpha value is -1.76. The molecule has 0 amide bonds. The lowest BCUT2D eigenvalue weighted by molar-refractivity contribution is 0.717. The molecule has 0 aliphatic carbocycles. The molecule has 0 aromatic heterocycles. The minimum atomic E-state index is 1.15. The fourth-order valence-corrected chi connectivity index (χ4v) is 2.22. The van der Waals surface area contributed by atoms with E-state index in [1.807, 2.05) is 0 Å². The molecule has 0 unspecified atom stereocenters. The Labute approximate surface area is 116 Å². The van der Waals surface area contributed by atoms with Crippen LogP contribution in [0.5, 0.6) is 0 Å². The lowest BCUT2D eigenvalue weighted by Crippen LogP contribution is -1.91. The molecule has 0 aliphatic heterocycles. The van der Waals surface area contributed by atoms with Gasteiger partial charge in [-0.2, -0.15) is 0 Å². The van der Waals surface area contributed by atoms with Crippen molar-refractivity contribution in [3.8, 4) is 0 Å².